The number of hydrogen-bond donors (Lipinski definition) is 3. The van der Waals surface area contributed by atoms with Crippen LogP contribution in [0.25, 0.3) is 0 Å². The molecule has 0 bridgehead atoms. The molecule has 0 unspecified atom stereocenters. The van der Waals surface area contributed by atoms with Crippen LogP contribution in [0.2, 0.25) is 0 Å². The molecular formula is C20H29N3O3. The molecule has 1 heterocycles. The predicted molar refractivity (Wildman–Crippen MR) is 101 cm³/mol. The molecule has 0 aromatic heterocycles. The summed E-state index contributed by atoms with van der Waals surface area (Å²) >= 11 is 0. The van der Waals surface area contributed by atoms with Crippen LogP contribution in [-0.2, 0) is 4.79 Å². The molecule has 6 nitrogen and oxygen atoms in total. The Morgan fingerprint density at radius 1 is 1.04 bits per heavy atom. The fraction of sp³-hybridized carbons (Fsp3) is 0.600. The second-order valence-electron chi connectivity index (χ2n) is 7.61. The highest BCUT2D eigenvalue weighted by Crippen LogP contribution is 2.25. The van der Waals surface area contributed by atoms with Crippen LogP contribution in [0.5, 0.6) is 0 Å². The van der Waals surface area contributed by atoms with Crippen LogP contribution < -0.4 is 10.6 Å². The zero-order valence-corrected chi connectivity index (χ0v) is 15.4. The first-order valence-electron chi connectivity index (χ1n) is 9.62. The van der Waals surface area contributed by atoms with Crippen molar-refractivity contribution in [1.29, 1.82) is 0 Å². The van der Waals surface area contributed by atoms with Gasteiger partial charge in [-0.15, -0.1) is 0 Å². The van der Waals surface area contributed by atoms with Gasteiger partial charge in [0.15, 0.2) is 0 Å². The maximum absolute atomic E-state index is 12.5. The summed E-state index contributed by atoms with van der Waals surface area (Å²) in [6, 6.07) is 8.87. The highest BCUT2D eigenvalue weighted by molar-refractivity contribution is 5.75. The maximum atomic E-state index is 12.5. The van der Waals surface area contributed by atoms with E-state index in [0.29, 0.717) is 18.9 Å². The number of carbonyl (C=O) groups excluding carboxylic acids is 1. The summed E-state index contributed by atoms with van der Waals surface area (Å²) in [4.78, 5) is 25.4. The van der Waals surface area contributed by atoms with Gasteiger partial charge in [-0.05, 0) is 63.1 Å². The Morgan fingerprint density at radius 3 is 2.35 bits per heavy atom. The normalized spacial score (nSPS) is 24.1. The number of aliphatic carboxylic acids is 1. The molecule has 1 aliphatic heterocycles. The molecule has 1 saturated carbocycles. The summed E-state index contributed by atoms with van der Waals surface area (Å²) in [5, 5.41) is 15.7. The lowest BCUT2D eigenvalue weighted by molar-refractivity contribution is -0.142. The van der Waals surface area contributed by atoms with Gasteiger partial charge in [0.05, 0.1) is 5.92 Å². The SMILES string of the molecule is Cc1cccc(NC2CCN(C(=O)NC3CCC(C(=O)O)CC3)CC2)c1. The minimum atomic E-state index is -0.710. The Labute approximate surface area is 155 Å². The van der Waals surface area contributed by atoms with Crippen molar-refractivity contribution in [3.8, 4) is 0 Å². The number of amides is 2. The number of anilines is 1. The minimum absolute atomic E-state index is 0.00206. The Kier molecular flexibility index (Phi) is 6.01. The van der Waals surface area contributed by atoms with Gasteiger partial charge in [0.1, 0.15) is 0 Å². The number of nitrogens with zero attached hydrogens (tertiary/aromatic N) is 1. The van der Waals surface area contributed by atoms with Crippen molar-refractivity contribution in [3.05, 3.63) is 29.8 Å². The number of nitrogens with one attached hydrogen (secondary N) is 2. The lowest BCUT2D eigenvalue weighted by Crippen LogP contribution is -2.50. The molecular weight excluding hydrogens is 330 g/mol. The molecule has 3 rings (SSSR count). The summed E-state index contributed by atoms with van der Waals surface area (Å²) in [5.74, 6) is -0.954. The van der Waals surface area contributed by atoms with Crippen molar-refractivity contribution in [2.45, 2.75) is 57.5 Å². The van der Waals surface area contributed by atoms with Gasteiger partial charge in [0.25, 0.3) is 0 Å². The smallest absolute Gasteiger partial charge is 0.317 e. The highest BCUT2D eigenvalue weighted by atomic mass is 16.4. The molecule has 1 aliphatic carbocycles. The molecule has 3 N–H and O–H groups in total. The second kappa shape index (κ2) is 8.43. The molecule has 1 aromatic rings. The van der Waals surface area contributed by atoms with Crippen LogP contribution in [-0.4, -0.2) is 47.2 Å². The van der Waals surface area contributed by atoms with Gasteiger partial charge in [0.2, 0.25) is 0 Å². The first kappa shape index (κ1) is 18.5. The second-order valence-corrected chi connectivity index (χ2v) is 7.61. The number of rotatable bonds is 4. The topological polar surface area (TPSA) is 81.7 Å². The van der Waals surface area contributed by atoms with E-state index in [9.17, 15) is 9.59 Å². The average molecular weight is 359 g/mol. The van der Waals surface area contributed by atoms with Gasteiger partial charge in [-0.25, -0.2) is 4.79 Å². The zero-order valence-electron chi connectivity index (χ0n) is 15.4. The van der Waals surface area contributed by atoms with Crippen LogP contribution in [0.15, 0.2) is 24.3 Å². The quantitative estimate of drug-likeness (QED) is 0.771. The Bertz CT molecular complexity index is 633. The molecule has 2 aliphatic rings. The van der Waals surface area contributed by atoms with Crippen LogP contribution >= 0.6 is 0 Å². The highest BCUT2D eigenvalue weighted by Gasteiger charge is 2.29. The van der Waals surface area contributed by atoms with Crippen molar-refractivity contribution < 1.29 is 14.7 Å². The van der Waals surface area contributed by atoms with E-state index in [2.05, 4.69) is 41.8 Å². The van der Waals surface area contributed by atoms with E-state index in [-0.39, 0.29) is 18.0 Å². The fourth-order valence-electron chi connectivity index (χ4n) is 3.95. The van der Waals surface area contributed by atoms with Gasteiger partial charge < -0.3 is 20.6 Å². The van der Waals surface area contributed by atoms with Crippen LogP contribution in [0.1, 0.15) is 44.1 Å². The van der Waals surface area contributed by atoms with Gasteiger partial charge in [-0.1, -0.05) is 12.1 Å². The summed E-state index contributed by atoms with van der Waals surface area (Å²) in [5.41, 5.74) is 2.38. The maximum Gasteiger partial charge on any atom is 0.317 e. The lowest BCUT2D eigenvalue weighted by atomic mass is 9.86. The van der Waals surface area contributed by atoms with E-state index < -0.39 is 5.97 Å². The van der Waals surface area contributed by atoms with E-state index in [1.54, 1.807) is 0 Å². The summed E-state index contributed by atoms with van der Waals surface area (Å²) in [7, 11) is 0. The molecule has 6 heteroatoms. The summed E-state index contributed by atoms with van der Waals surface area (Å²) in [6.07, 6.45) is 4.70. The zero-order chi connectivity index (χ0) is 18.5. The van der Waals surface area contributed by atoms with E-state index in [0.717, 1.165) is 44.5 Å². The number of carbonyl (C=O) groups is 2. The molecule has 0 atom stereocenters. The van der Waals surface area contributed by atoms with Gasteiger partial charge >= 0.3 is 12.0 Å². The summed E-state index contributed by atoms with van der Waals surface area (Å²) < 4.78 is 0. The third-order valence-corrected chi connectivity index (χ3v) is 5.58. The molecule has 26 heavy (non-hydrogen) atoms. The van der Waals surface area contributed by atoms with E-state index in [1.807, 2.05) is 4.90 Å². The van der Waals surface area contributed by atoms with Crippen LogP contribution in [0.3, 0.4) is 0 Å². The van der Waals surface area contributed by atoms with Crippen LogP contribution in [0, 0.1) is 12.8 Å². The number of carboxylic acids is 1. The molecule has 2 fully saturated rings. The number of piperidine rings is 1. The first-order valence-corrected chi connectivity index (χ1v) is 9.62. The molecule has 142 valence electrons. The van der Waals surface area contributed by atoms with Crippen molar-refractivity contribution in [2.24, 2.45) is 5.92 Å². The number of urea groups is 1. The fourth-order valence-corrected chi connectivity index (χ4v) is 3.95. The lowest BCUT2D eigenvalue weighted by Gasteiger charge is -2.35. The number of hydrogen-bond acceptors (Lipinski definition) is 3. The monoisotopic (exact) mass is 359 g/mol. The Hall–Kier alpha value is -2.24. The van der Waals surface area contributed by atoms with E-state index in [1.165, 1.54) is 5.56 Å². The molecule has 1 saturated heterocycles. The number of benzene rings is 1. The minimum Gasteiger partial charge on any atom is -0.481 e. The predicted octanol–water partition coefficient (Wildman–Crippen LogP) is 3.22. The van der Waals surface area contributed by atoms with Crippen molar-refractivity contribution in [3.63, 3.8) is 0 Å². The van der Waals surface area contributed by atoms with Crippen molar-refractivity contribution >= 4 is 17.7 Å². The van der Waals surface area contributed by atoms with E-state index in [4.69, 9.17) is 5.11 Å². The Morgan fingerprint density at radius 2 is 1.73 bits per heavy atom. The molecule has 1 aromatic carbocycles. The molecule has 0 radical (unpaired) electrons. The number of carboxylic acid groups (broad SMARTS) is 1. The van der Waals surface area contributed by atoms with Gasteiger partial charge in [-0.2, -0.15) is 0 Å². The molecule has 2 amide bonds. The Balaban J connectivity index is 1.40. The number of likely N-dealkylation sites (tertiary alicyclic amines) is 1. The number of aryl methyl sites for hydroxylation is 1. The standard InChI is InChI=1S/C20H29N3O3/c1-14-3-2-4-18(13-14)21-17-9-11-23(12-10-17)20(26)22-16-7-5-15(6-8-16)19(24)25/h2-4,13,15-17,21H,5-12H2,1H3,(H,22,26)(H,24,25). The van der Waals surface area contributed by atoms with Crippen molar-refractivity contribution in [1.82, 2.24) is 10.2 Å². The molecule has 0 spiro atoms. The third kappa shape index (κ3) is 4.90. The van der Waals surface area contributed by atoms with Crippen LogP contribution in [0.4, 0.5) is 10.5 Å². The summed E-state index contributed by atoms with van der Waals surface area (Å²) in [6.45, 7) is 3.58. The average Bonchev–Trinajstić information content (AvgIpc) is 2.63. The van der Waals surface area contributed by atoms with Crippen molar-refractivity contribution in [2.75, 3.05) is 18.4 Å². The largest absolute Gasteiger partial charge is 0.481 e. The third-order valence-electron chi connectivity index (χ3n) is 5.58. The first-order chi connectivity index (χ1) is 12.5. The van der Waals surface area contributed by atoms with Gasteiger partial charge in [-0.3, -0.25) is 4.79 Å². The van der Waals surface area contributed by atoms with Gasteiger partial charge in [0, 0.05) is 30.9 Å². The van der Waals surface area contributed by atoms with E-state index >= 15 is 0 Å².